The third-order valence-corrected chi connectivity index (χ3v) is 1.35. The lowest BCUT2D eigenvalue weighted by Gasteiger charge is -1.76. The molecular formula is C9H10O. The summed E-state index contributed by atoms with van der Waals surface area (Å²) in [7, 11) is 0. The van der Waals surface area contributed by atoms with Gasteiger partial charge < -0.3 is 0 Å². The van der Waals surface area contributed by atoms with Crippen LogP contribution in [0.5, 0.6) is 0 Å². The molecule has 0 bridgehead atoms. The first-order chi connectivity index (χ1) is 4.68. The summed E-state index contributed by atoms with van der Waals surface area (Å²) in [6.07, 6.45) is 0. The molecule has 0 saturated heterocycles. The van der Waals surface area contributed by atoms with Crippen LogP contribution in [0, 0.1) is 13.8 Å². The van der Waals surface area contributed by atoms with Crippen molar-refractivity contribution in [3.05, 3.63) is 45.6 Å². The van der Waals surface area contributed by atoms with E-state index in [9.17, 15) is 4.79 Å². The number of rotatable bonds is 0. The highest BCUT2D eigenvalue weighted by Crippen LogP contribution is 1.93. The summed E-state index contributed by atoms with van der Waals surface area (Å²) in [6, 6.07) is 7.15. The first kappa shape index (κ1) is 7.00. The Hall–Kier alpha value is -1.11. The molecule has 0 aliphatic rings. The Morgan fingerprint density at radius 2 is 1.40 bits per heavy atom. The van der Waals surface area contributed by atoms with Crippen LogP contribution in [0.25, 0.3) is 0 Å². The maximum atomic E-state index is 10.9. The van der Waals surface area contributed by atoms with Gasteiger partial charge in [0.15, 0.2) is 5.43 Å². The molecule has 1 rings (SSSR count). The van der Waals surface area contributed by atoms with Gasteiger partial charge in [0.25, 0.3) is 0 Å². The van der Waals surface area contributed by atoms with Crippen molar-refractivity contribution in [3.8, 4) is 0 Å². The Balaban J connectivity index is 3.42. The normalized spacial score (nSPS) is 9.40. The molecule has 0 atom stereocenters. The van der Waals surface area contributed by atoms with Crippen molar-refractivity contribution in [3.63, 3.8) is 0 Å². The summed E-state index contributed by atoms with van der Waals surface area (Å²) in [5.74, 6) is 0. The second kappa shape index (κ2) is 2.65. The van der Waals surface area contributed by atoms with Crippen molar-refractivity contribution >= 4 is 0 Å². The van der Waals surface area contributed by atoms with E-state index in [1.165, 1.54) is 0 Å². The van der Waals surface area contributed by atoms with Gasteiger partial charge in [-0.2, -0.15) is 0 Å². The molecule has 1 aromatic carbocycles. The molecule has 0 aliphatic heterocycles. The van der Waals surface area contributed by atoms with E-state index in [0.717, 1.165) is 11.1 Å². The second-order valence-corrected chi connectivity index (χ2v) is 2.51. The average Bonchev–Trinajstić information content (AvgIpc) is 1.93. The molecule has 1 heteroatoms. The van der Waals surface area contributed by atoms with Crippen molar-refractivity contribution in [2.75, 3.05) is 0 Å². The average molecular weight is 134 g/mol. The molecule has 0 aliphatic carbocycles. The molecule has 0 aromatic heterocycles. The van der Waals surface area contributed by atoms with Crippen molar-refractivity contribution in [2.24, 2.45) is 0 Å². The SMILES string of the molecule is Cc1ccc(C)cc(=O)c1. The lowest BCUT2D eigenvalue weighted by molar-refractivity contribution is 1.48. The van der Waals surface area contributed by atoms with E-state index in [0.29, 0.717) is 0 Å². The lowest BCUT2D eigenvalue weighted by atomic mass is 10.3. The first-order valence-corrected chi connectivity index (χ1v) is 3.27. The summed E-state index contributed by atoms with van der Waals surface area (Å²) in [4.78, 5) is 10.9. The van der Waals surface area contributed by atoms with Gasteiger partial charge >= 0.3 is 0 Å². The third-order valence-electron chi connectivity index (χ3n) is 1.35. The summed E-state index contributed by atoms with van der Waals surface area (Å²) in [6.45, 7) is 3.84. The summed E-state index contributed by atoms with van der Waals surface area (Å²) < 4.78 is 0. The molecule has 10 heavy (non-hydrogen) atoms. The zero-order valence-electron chi connectivity index (χ0n) is 6.22. The van der Waals surface area contributed by atoms with Gasteiger partial charge in [-0.1, -0.05) is 12.1 Å². The molecule has 0 unspecified atom stereocenters. The minimum atomic E-state index is 0.0833. The smallest absolute Gasteiger partial charge is 0.179 e. The molecule has 1 nitrogen and oxygen atoms in total. The highest BCUT2D eigenvalue weighted by atomic mass is 16.1. The Morgan fingerprint density at radius 3 is 1.80 bits per heavy atom. The van der Waals surface area contributed by atoms with Crippen molar-refractivity contribution in [1.82, 2.24) is 0 Å². The van der Waals surface area contributed by atoms with E-state index in [-0.39, 0.29) is 5.43 Å². The van der Waals surface area contributed by atoms with Gasteiger partial charge in [-0.3, -0.25) is 4.79 Å². The number of aryl methyl sites for hydroxylation is 2. The van der Waals surface area contributed by atoms with Crippen LogP contribution < -0.4 is 5.43 Å². The van der Waals surface area contributed by atoms with Crippen LogP contribution in [-0.4, -0.2) is 0 Å². The maximum Gasteiger partial charge on any atom is 0.179 e. The molecule has 52 valence electrons. The quantitative estimate of drug-likeness (QED) is 0.527. The van der Waals surface area contributed by atoms with Crippen LogP contribution in [0.3, 0.4) is 0 Å². The molecule has 0 heterocycles. The van der Waals surface area contributed by atoms with Crippen molar-refractivity contribution < 1.29 is 0 Å². The van der Waals surface area contributed by atoms with Crippen molar-refractivity contribution in [1.29, 1.82) is 0 Å². The Kier molecular flexibility index (Phi) is 1.86. The monoisotopic (exact) mass is 134 g/mol. The van der Waals surface area contributed by atoms with Gasteiger partial charge in [0.1, 0.15) is 0 Å². The molecule has 1 aromatic rings. The highest BCUT2D eigenvalue weighted by molar-refractivity contribution is 5.17. The highest BCUT2D eigenvalue weighted by Gasteiger charge is 1.84. The summed E-state index contributed by atoms with van der Waals surface area (Å²) in [5, 5.41) is 0. The lowest BCUT2D eigenvalue weighted by Crippen LogP contribution is -1.91. The van der Waals surface area contributed by atoms with Crippen LogP contribution >= 0.6 is 0 Å². The third kappa shape index (κ3) is 1.69. The molecule has 0 radical (unpaired) electrons. The van der Waals surface area contributed by atoms with Gasteiger partial charge in [0.2, 0.25) is 0 Å². The van der Waals surface area contributed by atoms with Crippen LogP contribution in [0.2, 0.25) is 0 Å². The number of hydrogen-bond acceptors (Lipinski definition) is 1. The van der Waals surface area contributed by atoms with Crippen LogP contribution in [-0.2, 0) is 0 Å². The molecule has 0 amide bonds. The van der Waals surface area contributed by atoms with E-state index >= 15 is 0 Å². The Labute approximate surface area is 60.3 Å². The van der Waals surface area contributed by atoms with Gasteiger partial charge in [-0.05, 0) is 37.1 Å². The second-order valence-electron chi connectivity index (χ2n) is 2.51. The standard InChI is InChI=1S/C9H10O/c1-7-3-4-8(2)6-9(10)5-7/h3-6H,1-2H3. The predicted molar refractivity (Wildman–Crippen MR) is 42.2 cm³/mol. The van der Waals surface area contributed by atoms with Crippen molar-refractivity contribution in [2.45, 2.75) is 13.8 Å². The Bertz CT molecular complexity index is 261. The molecule has 0 fully saturated rings. The fraction of sp³-hybridized carbons (Fsp3) is 0.222. The van der Waals surface area contributed by atoms with Gasteiger partial charge in [0.05, 0.1) is 0 Å². The molecule has 0 saturated carbocycles. The largest absolute Gasteiger partial charge is 0.290 e. The fourth-order valence-corrected chi connectivity index (χ4v) is 0.850. The summed E-state index contributed by atoms with van der Waals surface area (Å²) >= 11 is 0. The van der Waals surface area contributed by atoms with Gasteiger partial charge in [0, 0.05) is 0 Å². The van der Waals surface area contributed by atoms with E-state index in [4.69, 9.17) is 0 Å². The first-order valence-electron chi connectivity index (χ1n) is 3.27. The minimum Gasteiger partial charge on any atom is -0.290 e. The van der Waals surface area contributed by atoms with E-state index in [1.807, 2.05) is 26.0 Å². The van der Waals surface area contributed by atoms with Gasteiger partial charge in [-0.25, -0.2) is 0 Å². The molecule has 0 spiro atoms. The van der Waals surface area contributed by atoms with E-state index in [1.54, 1.807) is 12.1 Å². The predicted octanol–water partition coefficient (Wildman–Crippen LogP) is 1.66. The zero-order chi connectivity index (χ0) is 7.56. The number of hydrogen-bond donors (Lipinski definition) is 0. The summed E-state index contributed by atoms with van der Waals surface area (Å²) in [5.41, 5.74) is 2.11. The van der Waals surface area contributed by atoms with Crippen LogP contribution in [0.15, 0.2) is 29.1 Å². The van der Waals surface area contributed by atoms with E-state index < -0.39 is 0 Å². The topological polar surface area (TPSA) is 17.1 Å². The van der Waals surface area contributed by atoms with Crippen LogP contribution in [0.1, 0.15) is 11.1 Å². The maximum absolute atomic E-state index is 10.9. The zero-order valence-corrected chi connectivity index (χ0v) is 6.22. The molecular weight excluding hydrogens is 124 g/mol. The minimum absolute atomic E-state index is 0.0833. The van der Waals surface area contributed by atoms with Crippen LogP contribution in [0.4, 0.5) is 0 Å². The van der Waals surface area contributed by atoms with E-state index in [2.05, 4.69) is 0 Å². The Morgan fingerprint density at radius 1 is 1.00 bits per heavy atom. The fourth-order valence-electron chi connectivity index (χ4n) is 0.850. The molecule has 0 N–H and O–H groups in total. The van der Waals surface area contributed by atoms with Gasteiger partial charge in [-0.15, -0.1) is 0 Å².